The van der Waals surface area contributed by atoms with E-state index in [1.165, 1.54) is 57.1 Å². The van der Waals surface area contributed by atoms with Gasteiger partial charge >= 0.3 is 0 Å². The molecule has 0 aliphatic heterocycles. The van der Waals surface area contributed by atoms with E-state index in [1.54, 1.807) is 18.3 Å². The van der Waals surface area contributed by atoms with Crippen molar-refractivity contribution in [2.45, 2.75) is 185 Å². The minimum absolute atomic E-state index is 0.147. The fourth-order valence-electron chi connectivity index (χ4n) is 7.66. The highest BCUT2D eigenvalue weighted by molar-refractivity contribution is 6.30. The zero-order valence-corrected chi connectivity index (χ0v) is 57.8. The number of aryl methyl sites for hydroxylation is 1. The second-order valence-electron chi connectivity index (χ2n) is 24.1. The first-order valence-corrected chi connectivity index (χ1v) is 31.7. The largest absolute Gasteiger partial charge is 0.265 e. The molecule has 9 rings (SSSR count). The molecule has 0 aliphatic carbocycles. The number of pyridine rings is 3. The molecule has 0 saturated carbocycles. The van der Waals surface area contributed by atoms with Gasteiger partial charge in [-0.1, -0.05) is 245 Å². The van der Waals surface area contributed by atoms with Crippen molar-refractivity contribution in [2.24, 2.45) is 0 Å². The molecule has 0 N–H and O–H groups in total. The van der Waals surface area contributed by atoms with Crippen LogP contribution in [-0.2, 0) is 0 Å². The van der Waals surface area contributed by atoms with Crippen molar-refractivity contribution < 1.29 is 8.78 Å². The summed E-state index contributed by atoms with van der Waals surface area (Å²) in [5.41, 5.74) is 13.3. The van der Waals surface area contributed by atoms with Crippen LogP contribution in [0.25, 0.3) is 0 Å². The molecular formula is C80H102Cl2F2N4. The summed E-state index contributed by atoms with van der Waals surface area (Å²) < 4.78 is 24.9. The molecule has 8 heteroatoms. The lowest BCUT2D eigenvalue weighted by molar-refractivity contribution is 0.623. The van der Waals surface area contributed by atoms with Crippen molar-refractivity contribution in [3.05, 3.63) is 302 Å². The van der Waals surface area contributed by atoms with E-state index in [9.17, 15) is 8.78 Å². The summed E-state index contributed by atoms with van der Waals surface area (Å²) >= 11 is 11.5. The Kier molecular flexibility index (Phi) is 40.3. The maximum absolute atomic E-state index is 12.5. The van der Waals surface area contributed by atoms with Crippen molar-refractivity contribution in [1.82, 2.24) is 15.0 Å². The number of aromatic nitrogens is 3. The van der Waals surface area contributed by atoms with Gasteiger partial charge in [-0.3, -0.25) is 15.0 Å². The van der Waals surface area contributed by atoms with E-state index in [0.717, 1.165) is 32.4 Å². The Morgan fingerprint density at radius 3 is 1.14 bits per heavy atom. The zero-order valence-electron chi connectivity index (χ0n) is 56.3. The van der Waals surface area contributed by atoms with Crippen LogP contribution < -0.4 is 0 Å². The Labute approximate surface area is 542 Å². The standard InChI is InChI=1S/C11H13N.2C9H11Cl.2C9H11F.C9H12.3C8H11N/c1-8(2)11-5-9(3)4-10(6-11)7-12;1-7(2)8-3-5-9(10)6-4-8;1-7(2)8-4-3-5-9(10)6-8;1-7(2)8-3-5-9(10)6-4-8;1-7(2)8-4-3-5-9(10)6-8;1-8(2)9-6-4-3-5-7-9;1-7(2)8-3-5-9-6-4-8;1-7(2)8-4-3-5-9-6-8;1-7(2)8-5-3-4-6-9-8/h4-6,8H,1-3H3;4*3-7H,1-2H3;3-8H,1-2H3;3*3-7H,1-2H3. The predicted octanol–water partition coefficient (Wildman–Crippen LogP) is 25.2. The van der Waals surface area contributed by atoms with Crippen LogP contribution in [0.1, 0.15) is 239 Å². The maximum atomic E-state index is 12.5. The summed E-state index contributed by atoms with van der Waals surface area (Å²) in [6.45, 7) is 40.6. The lowest BCUT2D eigenvalue weighted by Gasteiger charge is -2.06. The molecule has 0 amide bonds. The molecule has 6 aromatic carbocycles. The maximum Gasteiger partial charge on any atom is 0.123 e. The second-order valence-corrected chi connectivity index (χ2v) is 25.0. The molecule has 3 aromatic heterocycles. The van der Waals surface area contributed by atoms with Crippen molar-refractivity contribution in [3.8, 4) is 6.07 Å². The van der Waals surface area contributed by atoms with Crippen molar-refractivity contribution in [2.75, 3.05) is 0 Å². The van der Waals surface area contributed by atoms with Gasteiger partial charge in [0.2, 0.25) is 0 Å². The summed E-state index contributed by atoms with van der Waals surface area (Å²) in [5, 5.41) is 10.4. The lowest BCUT2D eigenvalue weighted by Crippen LogP contribution is -1.89. The molecule has 4 nitrogen and oxygen atoms in total. The van der Waals surface area contributed by atoms with Crippen LogP contribution in [-0.4, -0.2) is 15.0 Å². The zero-order chi connectivity index (χ0) is 66.1. The Morgan fingerprint density at radius 2 is 0.773 bits per heavy atom. The summed E-state index contributed by atoms with van der Waals surface area (Å²) in [4.78, 5) is 12.1. The van der Waals surface area contributed by atoms with Crippen LogP contribution in [0.3, 0.4) is 0 Å². The molecule has 9 aromatic rings. The van der Waals surface area contributed by atoms with Gasteiger partial charge in [0.1, 0.15) is 11.6 Å². The van der Waals surface area contributed by atoms with Crippen LogP contribution in [0.2, 0.25) is 10.0 Å². The van der Waals surface area contributed by atoms with Crippen LogP contribution in [0.5, 0.6) is 0 Å². The molecular weight excluding hydrogens is 1130 g/mol. The normalized spacial score (nSPS) is 10.2. The Hall–Kier alpha value is -7.30. The van der Waals surface area contributed by atoms with Crippen molar-refractivity contribution in [3.63, 3.8) is 0 Å². The minimum atomic E-state index is -0.163. The van der Waals surface area contributed by atoms with Crippen molar-refractivity contribution >= 4 is 23.2 Å². The molecule has 88 heavy (non-hydrogen) atoms. The topological polar surface area (TPSA) is 62.5 Å². The molecule has 0 bridgehead atoms. The average Bonchev–Trinajstić information content (AvgIpc) is 3.72. The van der Waals surface area contributed by atoms with Gasteiger partial charge < -0.3 is 0 Å². The molecule has 3 heterocycles. The quantitative estimate of drug-likeness (QED) is 0.144. The predicted molar refractivity (Wildman–Crippen MR) is 378 cm³/mol. The van der Waals surface area contributed by atoms with Crippen molar-refractivity contribution in [1.29, 1.82) is 5.26 Å². The monoisotopic (exact) mass is 1230 g/mol. The molecule has 0 spiro atoms. The van der Waals surface area contributed by atoms with E-state index >= 15 is 0 Å². The van der Waals surface area contributed by atoms with E-state index in [-0.39, 0.29) is 11.6 Å². The molecule has 470 valence electrons. The first-order chi connectivity index (χ1) is 41.6. The van der Waals surface area contributed by atoms with Gasteiger partial charge in [0.25, 0.3) is 0 Å². The number of rotatable bonds is 9. The van der Waals surface area contributed by atoms with Gasteiger partial charge in [-0.05, 0) is 201 Å². The van der Waals surface area contributed by atoms with E-state index in [0.29, 0.717) is 53.3 Å². The minimum Gasteiger partial charge on any atom is -0.265 e. The number of hydrogen-bond acceptors (Lipinski definition) is 4. The van der Waals surface area contributed by atoms with Gasteiger partial charge in [0.15, 0.2) is 0 Å². The fraction of sp³-hybridized carbons (Fsp3) is 0.350. The molecule has 0 fully saturated rings. The smallest absolute Gasteiger partial charge is 0.123 e. The van der Waals surface area contributed by atoms with Gasteiger partial charge in [-0.2, -0.15) is 5.26 Å². The Bertz CT molecular complexity index is 2940. The van der Waals surface area contributed by atoms with Crippen LogP contribution in [0.15, 0.2) is 219 Å². The third kappa shape index (κ3) is 36.1. The van der Waals surface area contributed by atoms with E-state index in [4.69, 9.17) is 28.5 Å². The second kappa shape index (κ2) is 45.0. The van der Waals surface area contributed by atoms with Crippen LogP contribution >= 0.6 is 23.2 Å². The average molecular weight is 1230 g/mol. The summed E-state index contributed by atoms with van der Waals surface area (Å²) in [5.74, 6) is 4.67. The molecule has 0 radical (unpaired) electrons. The summed E-state index contributed by atoms with van der Waals surface area (Å²) in [6.07, 6.45) is 9.19. The van der Waals surface area contributed by atoms with Crippen LogP contribution in [0.4, 0.5) is 8.78 Å². The van der Waals surface area contributed by atoms with Crippen LogP contribution in [0, 0.1) is 29.9 Å². The number of hydrogen-bond donors (Lipinski definition) is 0. The third-order valence-corrected chi connectivity index (χ3v) is 14.0. The molecule has 0 atom stereocenters. The SMILES string of the molecule is CC(C)c1ccc(Cl)cc1.CC(C)c1ccc(F)cc1.CC(C)c1cccc(Cl)c1.CC(C)c1cccc(F)c1.CC(C)c1ccccc1.CC(C)c1ccccn1.CC(C)c1cccnc1.CC(C)c1ccncc1.Cc1cc(C#N)cc(C(C)C)c1. The van der Waals surface area contributed by atoms with E-state index in [2.05, 4.69) is 200 Å². The fourth-order valence-corrected chi connectivity index (χ4v) is 7.98. The number of halogens is 4. The molecule has 0 aliphatic rings. The van der Waals surface area contributed by atoms with E-state index in [1.807, 2.05) is 135 Å². The lowest BCUT2D eigenvalue weighted by atomic mass is 9.99. The number of nitriles is 1. The first kappa shape index (κ1) is 78.7. The first-order valence-electron chi connectivity index (χ1n) is 30.9. The summed E-state index contributed by atoms with van der Waals surface area (Å²) in [7, 11) is 0. The molecule has 0 saturated heterocycles. The van der Waals surface area contributed by atoms with Gasteiger partial charge in [0, 0.05) is 46.7 Å². The van der Waals surface area contributed by atoms with Gasteiger partial charge in [-0.25, -0.2) is 8.78 Å². The molecule has 0 unspecified atom stereocenters. The van der Waals surface area contributed by atoms with Gasteiger partial charge in [-0.15, -0.1) is 0 Å². The summed E-state index contributed by atoms with van der Waals surface area (Å²) in [6, 6.07) is 62.1. The third-order valence-electron chi connectivity index (χ3n) is 13.5. The highest BCUT2D eigenvalue weighted by atomic mass is 35.5. The van der Waals surface area contributed by atoms with Gasteiger partial charge in [0.05, 0.1) is 11.6 Å². The number of nitrogens with zero attached hydrogens (tertiary/aromatic N) is 4. The van der Waals surface area contributed by atoms with E-state index < -0.39 is 0 Å². The Balaban J connectivity index is 0.000000496. The Morgan fingerprint density at radius 1 is 0.330 bits per heavy atom. The number of benzene rings is 6. The highest BCUT2D eigenvalue weighted by Crippen LogP contribution is 2.21. The highest BCUT2D eigenvalue weighted by Gasteiger charge is 2.04.